The third-order valence-corrected chi connectivity index (χ3v) is 4.66. The molecule has 0 unspecified atom stereocenters. The first-order chi connectivity index (χ1) is 11.4. The molecule has 0 aliphatic heterocycles. The van der Waals surface area contributed by atoms with Crippen LogP contribution in [0.1, 0.15) is 11.1 Å². The smallest absolute Gasteiger partial charge is 0.234 e. The molecule has 126 valence electrons. The van der Waals surface area contributed by atoms with Gasteiger partial charge in [-0.2, -0.15) is 0 Å². The van der Waals surface area contributed by atoms with Gasteiger partial charge in [0.05, 0.1) is 11.5 Å². The van der Waals surface area contributed by atoms with Crippen molar-refractivity contribution < 1.29 is 9.59 Å². The molecular formula is C18H19BrN2O2S. The number of nitrogens with one attached hydrogen (secondary N) is 2. The maximum atomic E-state index is 12.0. The zero-order valence-corrected chi connectivity index (χ0v) is 16.0. The minimum absolute atomic E-state index is 0.113. The number of carbonyl (C=O) groups is 2. The number of hydrogen-bond acceptors (Lipinski definition) is 3. The summed E-state index contributed by atoms with van der Waals surface area (Å²) >= 11 is 4.68. The lowest BCUT2D eigenvalue weighted by atomic mass is 10.2. The predicted molar refractivity (Wildman–Crippen MR) is 105 cm³/mol. The molecule has 0 aromatic heterocycles. The third kappa shape index (κ3) is 6.02. The molecule has 0 aliphatic carbocycles. The van der Waals surface area contributed by atoms with Crippen LogP contribution < -0.4 is 10.6 Å². The summed E-state index contributed by atoms with van der Waals surface area (Å²) in [5.41, 5.74) is 3.63. The van der Waals surface area contributed by atoms with Crippen molar-refractivity contribution in [3.8, 4) is 0 Å². The molecule has 0 spiro atoms. The molecule has 24 heavy (non-hydrogen) atoms. The van der Waals surface area contributed by atoms with E-state index in [1.807, 2.05) is 56.3 Å². The van der Waals surface area contributed by atoms with E-state index < -0.39 is 0 Å². The minimum atomic E-state index is -0.117. The first-order valence-electron chi connectivity index (χ1n) is 7.44. The van der Waals surface area contributed by atoms with Crippen LogP contribution in [0.3, 0.4) is 0 Å². The van der Waals surface area contributed by atoms with Crippen LogP contribution in [-0.4, -0.2) is 23.3 Å². The highest BCUT2D eigenvalue weighted by molar-refractivity contribution is 9.10. The van der Waals surface area contributed by atoms with Crippen molar-refractivity contribution in [3.05, 3.63) is 58.1 Å². The van der Waals surface area contributed by atoms with E-state index in [2.05, 4.69) is 26.6 Å². The van der Waals surface area contributed by atoms with Crippen molar-refractivity contribution in [1.82, 2.24) is 0 Å². The second-order valence-electron chi connectivity index (χ2n) is 5.42. The van der Waals surface area contributed by atoms with Gasteiger partial charge in [-0.3, -0.25) is 9.59 Å². The van der Waals surface area contributed by atoms with Crippen molar-refractivity contribution in [2.45, 2.75) is 13.8 Å². The van der Waals surface area contributed by atoms with Gasteiger partial charge in [-0.1, -0.05) is 28.1 Å². The normalized spacial score (nSPS) is 10.3. The van der Waals surface area contributed by atoms with E-state index in [1.165, 1.54) is 11.8 Å². The number of rotatable bonds is 6. The molecule has 0 saturated carbocycles. The molecule has 2 aromatic rings. The van der Waals surface area contributed by atoms with Crippen LogP contribution in [0.4, 0.5) is 11.4 Å². The Labute approximate surface area is 154 Å². The summed E-state index contributed by atoms with van der Waals surface area (Å²) in [7, 11) is 0. The van der Waals surface area contributed by atoms with Crippen LogP contribution in [0, 0.1) is 13.8 Å². The van der Waals surface area contributed by atoms with Gasteiger partial charge in [-0.05, 0) is 55.3 Å². The van der Waals surface area contributed by atoms with Crippen molar-refractivity contribution in [2.24, 2.45) is 0 Å². The Morgan fingerprint density at radius 1 is 1.00 bits per heavy atom. The number of carbonyl (C=O) groups excluding carboxylic acids is 2. The highest BCUT2D eigenvalue weighted by Crippen LogP contribution is 2.20. The Bertz CT molecular complexity index is 750. The maximum Gasteiger partial charge on any atom is 0.234 e. The summed E-state index contributed by atoms with van der Waals surface area (Å²) in [6.07, 6.45) is 0. The average molecular weight is 407 g/mol. The van der Waals surface area contributed by atoms with E-state index in [4.69, 9.17) is 0 Å². The van der Waals surface area contributed by atoms with Gasteiger partial charge in [0.15, 0.2) is 0 Å². The van der Waals surface area contributed by atoms with Crippen LogP contribution in [0.5, 0.6) is 0 Å². The van der Waals surface area contributed by atoms with Crippen LogP contribution in [0.15, 0.2) is 46.9 Å². The number of hydrogen-bond donors (Lipinski definition) is 2. The molecule has 2 rings (SSSR count). The van der Waals surface area contributed by atoms with E-state index in [0.29, 0.717) is 0 Å². The number of halogens is 1. The Balaban J connectivity index is 1.75. The molecule has 0 radical (unpaired) electrons. The third-order valence-electron chi connectivity index (χ3n) is 3.23. The van der Waals surface area contributed by atoms with E-state index >= 15 is 0 Å². The van der Waals surface area contributed by atoms with Gasteiger partial charge in [-0.25, -0.2) is 0 Å². The van der Waals surface area contributed by atoms with Crippen LogP contribution in [0.25, 0.3) is 0 Å². The van der Waals surface area contributed by atoms with Crippen LogP contribution in [0.2, 0.25) is 0 Å². The maximum absolute atomic E-state index is 12.0. The summed E-state index contributed by atoms with van der Waals surface area (Å²) in [5, 5.41) is 5.68. The van der Waals surface area contributed by atoms with Crippen molar-refractivity contribution in [3.63, 3.8) is 0 Å². The van der Waals surface area contributed by atoms with Gasteiger partial charge in [0, 0.05) is 15.8 Å². The molecule has 4 nitrogen and oxygen atoms in total. The van der Waals surface area contributed by atoms with Crippen molar-refractivity contribution >= 4 is 50.9 Å². The fraction of sp³-hybridized carbons (Fsp3) is 0.222. The molecule has 2 N–H and O–H groups in total. The fourth-order valence-electron chi connectivity index (χ4n) is 2.11. The van der Waals surface area contributed by atoms with Crippen LogP contribution in [-0.2, 0) is 9.59 Å². The summed E-state index contributed by atoms with van der Waals surface area (Å²) in [6, 6.07) is 13.3. The first kappa shape index (κ1) is 18.5. The van der Waals surface area contributed by atoms with Gasteiger partial charge >= 0.3 is 0 Å². The molecule has 2 aromatic carbocycles. The molecule has 0 saturated heterocycles. The monoisotopic (exact) mass is 406 g/mol. The second kappa shape index (κ2) is 8.89. The van der Waals surface area contributed by atoms with Gasteiger partial charge in [0.2, 0.25) is 11.8 Å². The molecule has 0 aliphatic rings. The van der Waals surface area contributed by atoms with E-state index in [1.54, 1.807) is 0 Å². The quantitative estimate of drug-likeness (QED) is 0.748. The first-order valence-corrected chi connectivity index (χ1v) is 9.39. The lowest BCUT2D eigenvalue weighted by molar-refractivity contribution is -0.114. The van der Waals surface area contributed by atoms with Gasteiger partial charge in [0.25, 0.3) is 0 Å². The number of benzene rings is 2. The van der Waals surface area contributed by atoms with E-state index in [-0.39, 0.29) is 23.3 Å². The second-order valence-corrected chi connectivity index (χ2v) is 7.32. The van der Waals surface area contributed by atoms with Gasteiger partial charge < -0.3 is 10.6 Å². The molecule has 0 atom stereocenters. The topological polar surface area (TPSA) is 58.2 Å². The molecule has 2 amide bonds. The van der Waals surface area contributed by atoms with Gasteiger partial charge in [0.1, 0.15) is 0 Å². The molecule has 0 bridgehead atoms. The summed E-state index contributed by atoms with van der Waals surface area (Å²) < 4.78 is 0.972. The molecule has 6 heteroatoms. The Morgan fingerprint density at radius 2 is 1.71 bits per heavy atom. The lowest BCUT2D eigenvalue weighted by Crippen LogP contribution is -2.18. The van der Waals surface area contributed by atoms with Gasteiger partial charge in [-0.15, -0.1) is 11.8 Å². The van der Waals surface area contributed by atoms with Crippen molar-refractivity contribution in [2.75, 3.05) is 22.1 Å². The highest BCUT2D eigenvalue weighted by Gasteiger charge is 2.08. The molecule has 0 heterocycles. The number of thioether (sulfide) groups is 1. The lowest BCUT2D eigenvalue weighted by Gasteiger charge is -2.09. The number of aryl methyl sites for hydroxylation is 2. The Hall–Kier alpha value is -1.79. The summed E-state index contributed by atoms with van der Waals surface area (Å²) in [6.45, 7) is 3.90. The zero-order chi connectivity index (χ0) is 17.5. The van der Waals surface area contributed by atoms with Crippen LogP contribution >= 0.6 is 27.7 Å². The molecule has 0 fully saturated rings. The molecular weight excluding hydrogens is 388 g/mol. The number of anilines is 2. The minimum Gasteiger partial charge on any atom is -0.325 e. The SMILES string of the molecule is Cc1cccc(NC(=O)CSCC(=O)Nc2ccc(Br)cc2C)c1. The average Bonchev–Trinajstić information content (AvgIpc) is 2.50. The van der Waals surface area contributed by atoms with E-state index in [0.717, 1.165) is 27.0 Å². The standard InChI is InChI=1S/C18H19BrN2O2S/c1-12-4-3-5-15(8-12)20-17(22)10-24-11-18(23)21-16-7-6-14(19)9-13(16)2/h3-9H,10-11H2,1-2H3,(H,20,22)(H,21,23). The zero-order valence-electron chi connectivity index (χ0n) is 13.6. The summed E-state index contributed by atoms with van der Waals surface area (Å²) in [5.74, 6) is 0.240. The fourth-order valence-corrected chi connectivity index (χ4v) is 3.20. The Morgan fingerprint density at radius 3 is 2.38 bits per heavy atom. The number of amides is 2. The largest absolute Gasteiger partial charge is 0.325 e. The predicted octanol–water partition coefficient (Wildman–Crippen LogP) is 4.38. The highest BCUT2D eigenvalue weighted by atomic mass is 79.9. The van der Waals surface area contributed by atoms with E-state index in [9.17, 15) is 9.59 Å². The van der Waals surface area contributed by atoms with Crippen molar-refractivity contribution in [1.29, 1.82) is 0 Å². The Kier molecular flexibility index (Phi) is 6.87. The summed E-state index contributed by atoms with van der Waals surface area (Å²) in [4.78, 5) is 23.8.